The van der Waals surface area contributed by atoms with E-state index in [1.807, 2.05) is 36.4 Å². The van der Waals surface area contributed by atoms with Crippen LogP contribution in [0, 0.1) is 0 Å². The van der Waals surface area contributed by atoms with Crippen molar-refractivity contribution in [1.29, 1.82) is 0 Å². The molecule has 0 aromatic heterocycles. The molecular weight excluding hydrogens is 448 g/mol. The molecule has 1 atom stereocenters. The van der Waals surface area contributed by atoms with Crippen molar-refractivity contribution in [2.45, 2.75) is 45.0 Å². The van der Waals surface area contributed by atoms with E-state index in [9.17, 15) is 15.0 Å². The van der Waals surface area contributed by atoms with Gasteiger partial charge in [0.15, 0.2) is 5.78 Å². The summed E-state index contributed by atoms with van der Waals surface area (Å²) in [6, 6.07) is 14.7. The SMILES string of the molecule is C=C(c1ccc(C(OCCOCCOCCO)c2ccc(C(=O)C(C)(C)O)cc2)cc1)C(C)(C)O. The third-order valence-electron chi connectivity index (χ3n) is 5.45. The molecule has 0 aliphatic heterocycles. The van der Waals surface area contributed by atoms with Gasteiger partial charge in [0, 0.05) is 5.56 Å². The number of benzene rings is 2. The Morgan fingerprint density at radius 2 is 1.23 bits per heavy atom. The zero-order valence-electron chi connectivity index (χ0n) is 21.1. The highest BCUT2D eigenvalue weighted by atomic mass is 16.5. The Labute approximate surface area is 208 Å². The molecule has 1 unspecified atom stereocenters. The van der Waals surface area contributed by atoms with Crippen LogP contribution in [0.1, 0.15) is 60.8 Å². The van der Waals surface area contributed by atoms with Crippen molar-refractivity contribution < 1.29 is 34.3 Å². The summed E-state index contributed by atoms with van der Waals surface area (Å²) in [7, 11) is 0. The van der Waals surface area contributed by atoms with Gasteiger partial charge in [0.1, 0.15) is 11.7 Å². The molecule has 2 rings (SSSR count). The maximum atomic E-state index is 12.4. The molecule has 0 saturated carbocycles. The van der Waals surface area contributed by atoms with E-state index in [0.29, 0.717) is 37.6 Å². The lowest BCUT2D eigenvalue weighted by molar-refractivity contribution is -0.00569. The molecule has 0 bridgehead atoms. The van der Waals surface area contributed by atoms with Crippen LogP contribution < -0.4 is 0 Å². The quantitative estimate of drug-likeness (QED) is 0.261. The average molecular weight is 487 g/mol. The summed E-state index contributed by atoms with van der Waals surface area (Å²) in [5, 5.41) is 29.0. The van der Waals surface area contributed by atoms with Crippen LogP contribution in [0.3, 0.4) is 0 Å². The molecule has 35 heavy (non-hydrogen) atoms. The van der Waals surface area contributed by atoms with Gasteiger partial charge in [-0.2, -0.15) is 0 Å². The molecule has 2 aromatic carbocycles. The van der Waals surface area contributed by atoms with Crippen LogP contribution in [-0.2, 0) is 14.2 Å². The molecule has 7 heteroatoms. The first-order valence-electron chi connectivity index (χ1n) is 11.7. The zero-order valence-corrected chi connectivity index (χ0v) is 21.1. The predicted octanol–water partition coefficient (Wildman–Crippen LogP) is 3.56. The van der Waals surface area contributed by atoms with E-state index in [0.717, 1.165) is 16.7 Å². The average Bonchev–Trinajstić information content (AvgIpc) is 2.81. The molecule has 0 aliphatic rings. The molecule has 0 spiro atoms. The third-order valence-corrected chi connectivity index (χ3v) is 5.45. The molecule has 0 heterocycles. The summed E-state index contributed by atoms with van der Waals surface area (Å²) in [6.07, 6.45) is -0.417. The Morgan fingerprint density at radius 3 is 1.69 bits per heavy atom. The minimum atomic E-state index is -1.45. The molecular formula is C28H38O7. The van der Waals surface area contributed by atoms with Gasteiger partial charge in [-0.25, -0.2) is 0 Å². The topological polar surface area (TPSA) is 105 Å². The van der Waals surface area contributed by atoms with Crippen molar-refractivity contribution in [2.24, 2.45) is 0 Å². The van der Waals surface area contributed by atoms with Crippen LogP contribution in [0.25, 0.3) is 5.57 Å². The number of ketones is 1. The summed E-state index contributed by atoms with van der Waals surface area (Å²) in [4.78, 5) is 12.4. The Bertz CT molecular complexity index is 866. The lowest BCUT2D eigenvalue weighted by Crippen LogP contribution is -2.31. The zero-order chi connectivity index (χ0) is 26.1. The first kappa shape index (κ1) is 28.8. The summed E-state index contributed by atoms with van der Waals surface area (Å²) in [5.74, 6) is -0.354. The summed E-state index contributed by atoms with van der Waals surface area (Å²) in [6.45, 7) is 12.1. The maximum absolute atomic E-state index is 12.4. The van der Waals surface area contributed by atoms with Gasteiger partial charge in [0.2, 0.25) is 0 Å². The van der Waals surface area contributed by atoms with Gasteiger partial charge in [-0.15, -0.1) is 0 Å². The van der Waals surface area contributed by atoms with Gasteiger partial charge in [-0.05, 0) is 50.0 Å². The smallest absolute Gasteiger partial charge is 0.193 e. The van der Waals surface area contributed by atoms with Crippen LogP contribution in [-0.4, -0.2) is 71.9 Å². The summed E-state index contributed by atoms with van der Waals surface area (Å²) >= 11 is 0. The maximum Gasteiger partial charge on any atom is 0.193 e. The van der Waals surface area contributed by atoms with Crippen molar-refractivity contribution in [3.8, 4) is 0 Å². The van der Waals surface area contributed by atoms with E-state index in [1.54, 1.807) is 26.0 Å². The van der Waals surface area contributed by atoms with Gasteiger partial charge in [0.05, 0.1) is 45.2 Å². The van der Waals surface area contributed by atoms with Crippen LogP contribution in [0.15, 0.2) is 55.1 Å². The normalized spacial score (nSPS) is 13.0. The van der Waals surface area contributed by atoms with Crippen molar-refractivity contribution in [1.82, 2.24) is 0 Å². The fraction of sp³-hybridized carbons (Fsp3) is 0.464. The number of hydrogen-bond acceptors (Lipinski definition) is 7. The number of rotatable bonds is 15. The lowest BCUT2D eigenvalue weighted by atomic mass is 9.91. The van der Waals surface area contributed by atoms with Gasteiger partial charge < -0.3 is 29.5 Å². The van der Waals surface area contributed by atoms with Crippen LogP contribution in [0.2, 0.25) is 0 Å². The van der Waals surface area contributed by atoms with Crippen molar-refractivity contribution in [3.05, 3.63) is 77.4 Å². The van der Waals surface area contributed by atoms with E-state index in [2.05, 4.69) is 6.58 Å². The first-order valence-corrected chi connectivity index (χ1v) is 11.7. The van der Waals surface area contributed by atoms with Crippen molar-refractivity contribution in [2.75, 3.05) is 39.6 Å². The second kappa shape index (κ2) is 13.1. The number of ether oxygens (including phenoxy) is 3. The molecule has 2 aromatic rings. The molecule has 0 amide bonds. The summed E-state index contributed by atoms with van der Waals surface area (Å²) in [5.41, 5.74) is 1.13. The molecule has 0 aliphatic carbocycles. The highest BCUT2D eigenvalue weighted by Crippen LogP contribution is 2.30. The number of Topliss-reactive ketones (excluding diaryl/α,β-unsaturated/α-hetero) is 1. The fourth-order valence-corrected chi connectivity index (χ4v) is 3.37. The largest absolute Gasteiger partial charge is 0.394 e. The van der Waals surface area contributed by atoms with Crippen LogP contribution in [0.4, 0.5) is 0 Å². The molecule has 0 saturated heterocycles. The Balaban J connectivity index is 2.17. The number of carbonyl (C=O) groups is 1. The van der Waals surface area contributed by atoms with E-state index in [1.165, 1.54) is 13.8 Å². The molecule has 192 valence electrons. The Morgan fingerprint density at radius 1 is 0.771 bits per heavy atom. The molecule has 0 fully saturated rings. The minimum absolute atomic E-state index is 0.0209. The predicted molar refractivity (Wildman–Crippen MR) is 135 cm³/mol. The lowest BCUT2D eigenvalue weighted by Gasteiger charge is -2.23. The Hall–Kier alpha value is -2.39. The number of aliphatic hydroxyl groups excluding tert-OH is 1. The van der Waals surface area contributed by atoms with E-state index in [-0.39, 0.29) is 19.0 Å². The van der Waals surface area contributed by atoms with E-state index in [4.69, 9.17) is 19.3 Å². The van der Waals surface area contributed by atoms with Gasteiger partial charge in [-0.1, -0.05) is 55.1 Å². The summed E-state index contributed by atoms with van der Waals surface area (Å²) < 4.78 is 16.9. The second-order valence-electron chi connectivity index (χ2n) is 9.37. The van der Waals surface area contributed by atoms with Crippen molar-refractivity contribution >= 4 is 11.4 Å². The fourth-order valence-electron chi connectivity index (χ4n) is 3.37. The van der Waals surface area contributed by atoms with Gasteiger partial charge >= 0.3 is 0 Å². The number of aliphatic hydroxyl groups is 3. The molecule has 0 radical (unpaired) electrons. The van der Waals surface area contributed by atoms with Gasteiger partial charge in [-0.3, -0.25) is 4.79 Å². The van der Waals surface area contributed by atoms with E-state index < -0.39 is 17.3 Å². The molecule has 7 nitrogen and oxygen atoms in total. The number of carbonyl (C=O) groups excluding carboxylic acids is 1. The highest BCUT2D eigenvalue weighted by molar-refractivity contribution is 6.01. The molecule has 3 N–H and O–H groups in total. The van der Waals surface area contributed by atoms with Crippen molar-refractivity contribution in [3.63, 3.8) is 0 Å². The van der Waals surface area contributed by atoms with Gasteiger partial charge in [0.25, 0.3) is 0 Å². The second-order valence-corrected chi connectivity index (χ2v) is 9.37. The minimum Gasteiger partial charge on any atom is -0.394 e. The standard InChI is InChI=1S/C28H38O7/c1-20(27(2,3)31)21-6-8-22(9-7-21)25(35-19-18-34-17-16-33-15-14-29)23-10-12-24(13-11-23)26(30)28(4,5)32/h6-13,25,29,31-32H,1,14-19H2,2-5H3. The van der Waals surface area contributed by atoms with Crippen LogP contribution in [0.5, 0.6) is 0 Å². The Kier molecular flexibility index (Phi) is 10.8. The van der Waals surface area contributed by atoms with Crippen LogP contribution >= 0.6 is 0 Å². The number of hydrogen-bond donors (Lipinski definition) is 3. The highest BCUT2D eigenvalue weighted by Gasteiger charge is 2.26. The monoisotopic (exact) mass is 486 g/mol. The first-order chi connectivity index (χ1) is 16.4. The third kappa shape index (κ3) is 8.96. The van der Waals surface area contributed by atoms with E-state index >= 15 is 0 Å².